The molecule has 3 nitrogen and oxygen atoms in total. The molecule has 0 bridgehead atoms. The maximum Gasteiger partial charge on any atom is 0.234 e. The Labute approximate surface area is 113 Å². The molecule has 1 aromatic carbocycles. The number of hydrogen-bond acceptors (Lipinski definition) is 2. The van der Waals surface area contributed by atoms with E-state index in [0.29, 0.717) is 0 Å². The van der Waals surface area contributed by atoms with Gasteiger partial charge in [0.05, 0.1) is 16.9 Å². The van der Waals surface area contributed by atoms with Crippen LogP contribution in [-0.2, 0) is 16.6 Å². The van der Waals surface area contributed by atoms with Crippen LogP contribution in [0, 0.1) is 16.7 Å². The largest absolute Gasteiger partial charge is 0.325 e. The topological polar surface area (TPSA) is 52.9 Å². The second-order valence-electron chi connectivity index (χ2n) is 6.38. The van der Waals surface area contributed by atoms with Crippen molar-refractivity contribution in [3.05, 3.63) is 29.3 Å². The Morgan fingerprint density at radius 1 is 1.37 bits per heavy atom. The first-order valence-corrected chi connectivity index (χ1v) is 6.83. The van der Waals surface area contributed by atoms with Crippen LogP contribution in [-0.4, -0.2) is 5.91 Å². The fraction of sp³-hybridized carbons (Fsp3) is 0.500. The molecule has 1 heterocycles. The summed E-state index contributed by atoms with van der Waals surface area (Å²) >= 11 is 0. The van der Waals surface area contributed by atoms with Crippen molar-refractivity contribution in [3.63, 3.8) is 0 Å². The number of carbonyl (C=O) groups is 1. The summed E-state index contributed by atoms with van der Waals surface area (Å²) in [7, 11) is 0. The Morgan fingerprint density at radius 2 is 2.11 bits per heavy atom. The van der Waals surface area contributed by atoms with Gasteiger partial charge in [-0.2, -0.15) is 5.26 Å². The highest BCUT2D eigenvalue weighted by Crippen LogP contribution is 2.44. The zero-order chi connectivity index (χ0) is 13.7. The van der Waals surface area contributed by atoms with Crippen LogP contribution in [0.5, 0.6) is 0 Å². The molecule has 0 atom stereocenters. The van der Waals surface area contributed by atoms with E-state index in [2.05, 4.69) is 17.5 Å². The Balaban J connectivity index is 1.93. The molecule has 1 aliphatic carbocycles. The highest BCUT2D eigenvalue weighted by atomic mass is 16.2. The summed E-state index contributed by atoms with van der Waals surface area (Å²) in [5.41, 5.74) is 2.52. The Kier molecular flexibility index (Phi) is 2.47. The molecule has 1 aromatic rings. The maximum absolute atomic E-state index is 11.9. The van der Waals surface area contributed by atoms with Crippen LogP contribution in [0.3, 0.4) is 0 Å². The summed E-state index contributed by atoms with van der Waals surface area (Å²) in [6, 6.07) is 8.59. The molecular formula is C16H18N2O. The van der Waals surface area contributed by atoms with Crippen LogP contribution < -0.4 is 5.32 Å². The number of nitrogens with one attached hydrogen (secondary N) is 1. The summed E-state index contributed by atoms with van der Waals surface area (Å²) in [5.74, 6) is 0.0540. The standard InChI is InChI=1S/C16H18N2O/c1-15(2)12-8-11(4-5-13(12)18-14(15)19)9-16(10-17)6-3-7-16/h4-5,8H,3,6-7,9H2,1-2H3,(H,18,19). The summed E-state index contributed by atoms with van der Waals surface area (Å²) in [4.78, 5) is 11.9. The third kappa shape index (κ3) is 1.74. The van der Waals surface area contributed by atoms with Gasteiger partial charge >= 0.3 is 0 Å². The van der Waals surface area contributed by atoms with Gasteiger partial charge in [-0.25, -0.2) is 0 Å². The molecule has 19 heavy (non-hydrogen) atoms. The van der Waals surface area contributed by atoms with Gasteiger partial charge in [0.15, 0.2) is 0 Å². The first kappa shape index (κ1) is 12.2. The van der Waals surface area contributed by atoms with Gasteiger partial charge in [0.1, 0.15) is 0 Å². The SMILES string of the molecule is CC1(C)C(=O)Nc2ccc(CC3(C#N)CCC3)cc21. The number of nitriles is 1. The first-order chi connectivity index (χ1) is 8.97. The molecule has 3 rings (SSSR count). The summed E-state index contributed by atoms with van der Waals surface area (Å²) in [6.07, 6.45) is 3.97. The molecule has 1 fully saturated rings. The lowest BCUT2D eigenvalue weighted by Crippen LogP contribution is -2.30. The number of hydrogen-bond donors (Lipinski definition) is 1. The van der Waals surface area contributed by atoms with Gasteiger partial charge in [-0.3, -0.25) is 4.79 Å². The summed E-state index contributed by atoms with van der Waals surface area (Å²) in [5, 5.41) is 12.2. The first-order valence-electron chi connectivity index (χ1n) is 6.83. The summed E-state index contributed by atoms with van der Waals surface area (Å²) in [6.45, 7) is 3.89. The molecule has 1 aliphatic heterocycles. The van der Waals surface area contributed by atoms with E-state index in [9.17, 15) is 10.1 Å². The molecule has 1 N–H and O–H groups in total. The lowest BCUT2D eigenvalue weighted by Gasteiger charge is -2.35. The van der Waals surface area contributed by atoms with E-state index in [4.69, 9.17) is 0 Å². The maximum atomic E-state index is 11.9. The van der Waals surface area contributed by atoms with Crippen LogP contribution in [0.2, 0.25) is 0 Å². The molecule has 2 aliphatic rings. The quantitative estimate of drug-likeness (QED) is 0.881. The fourth-order valence-corrected chi connectivity index (χ4v) is 3.05. The third-order valence-electron chi connectivity index (χ3n) is 4.66. The minimum absolute atomic E-state index is 0.0540. The molecule has 98 valence electrons. The van der Waals surface area contributed by atoms with Crippen molar-refractivity contribution >= 4 is 11.6 Å². The van der Waals surface area contributed by atoms with E-state index in [1.54, 1.807) is 0 Å². The molecule has 3 heteroatoms. The van der Waals surface area contributed by atoms with Gasteiger partial charge in [0, 0.05) is 5.69 Å². The van der Waals surface area contributed by atoms with Crippen LogP contribution in [0.15, 0.2) is 18.2 Å². The molecule has 1 amide bonds. The molecule has 0 saturated heterocycles. The second kappa shape index (κ2) is 3.84. The van der Waals surface area contributed by atoms with Crippen molar-refractivity contribution in [2.75, 3.05) is 5.32 Å². The van der Waals surface area contributed by atoms with Crippen molar-refractivity contribution in [1.82, 2.24) is 0 Å². The normalized spacial score (nSPS) is 22.1. The predicted octanol–water partition coefficient (Wildman–Crippen LogP) is 3.15. The van der Waals surface area contributed by atoms with Crippen LogP contribution in [0.25, 0.3) is 0 Å². The van der Waals surface area contributed by atoms with Crippen molar-refractivity contribution in [2.24, 2.45) is 5.41 Å². The third-order valence-corrected chi connectivity index (χ3v) is 4.66. The van der Waals surface area contributed by atoms with Gasteiger partial charge in [0.2, 0.25) is 5.91 Å². The van der Waals surface area contributed by atoms with E-state index in [-0.39, 0.29) is 11.3 Å². The number of rotatable bonds is 2. The molecule has 0 aromatic heterocycles. The number of carbonyl (C=O) groups excluding carboxylic acids is 1. The average molecular weight is 254 g/mol. The summed E-state index contributed by atoms with van der Waals surface area (Å²) < 4.78 is 0. The van der Waals surface area contributed by atoms with Gasteiger partial charge < -0.3 is 5.32 Å². The Hall–Kier alpha value is -1.82. The Morgan fingerprint density at radius 3 is 2.68 bits per heavy atom. The Bertz CT molecular complexity index is 591. The van der Waals surface area contributed by atoms with Gasteiger partial charge in [-0.1, -0.05) is 18.6 Å². The van der Waals surface area contributed by atoms with Gasteiger partial charge in [0.25, 0.3) is 0 Å². The lowest BCUT2D eigenvalue weighted by molar-refractivity contribution is -0.119. The molecule has 0 spiro atoms. The molecular weight excluding hydrogens is 236 g/mol. The zero-order valence-electron chi connectivity index (χ0n) is 11.4. The monoisotopic (exact) mass is 254 g/mol. The van der Waals surface area contributed by atoms with E-state index in [0.717, 1.165) is 36.9 Å². The number of amides is 1. The molecule has 1 saturated carbocycles. The van der Waals surface area contributed by atoms with Crippen molar-refractivity contribution < 1.29 is 4.79 Å². The van der Waals surface area contributed by atoms with Crippen LogP contribution in [0.4, 0.5) is 5.69 Å². The smallest absolute Gasteiger partial charge is 0.234 e. The predicted molar refractivity (Wildman–Crippen MR) is 73.7 cm³/mol. The zero-order valence-corrected chi connectivity index (χ0v) is 11.4. The van der Waals surface area contributed by atoms with Gasteiger partial charge in [-0.05, 0) is 50.3 Å². The van der Waals surface area contributed by atoms with Crippen LogP contribution in [0.1, 0.15) is 44.2 Å². The van der Waals surface area contributed by atoms with Crippen molar-refractivity contribution in [2.45, 2.75) is 44.9 Å². The van der Waals surface area contributed by atoms with Crippen molar-refractivity contribution in [3.8, 4) is 6.07 Å². The molecule has 0 unspecified atom stereocenters. The van der Waals surface area contributed by atoms with Crippen LogP contribution >= 0.6 is 0 Å². The van der Waals surface area contributed by atoms with E-state index >= 15 is 0 Å². The molecule has 0 radical (unpaired) electrons. The second-order valence-corrected chi connectivity index (χ2v) is 6.38. The van der Waals surface area contributed by atoms with E-state index in [1.807, 2.05) is 26.0 Å². The number of anilines is 1. The number of benzene rings is 1. The number of nitrogens with zero attached hydrogens (tertiary/aromatic N) is 1. The van der Waals surface area contributed by atoms with E-state index in [1.165, 1.54) is 5.56 Å². The van der Waals surface area contributed by atoms with Gasteiger partial charge in [-0.15, -0.1) is 0 Å². The highest BCUT2D eigenvalue weighted by Gasteiger charge is 2.40. The van der Waals surface area contributed by atoms with E-state index < -0.39 is 5.41 Å². The number of fused-ring (bicyclic) bond motifs is 1. The minimum Gasteiger partial charge on any atom is -0.325 e. The lowest BCUT2D eigenvalue weighted by atomic mass is 9.66. The fourth-order valence-electron chi connectivity index (χ4n) is 3.05. The minimum atomic E-state index is -0.467. The van der Waals surface area contributed by atoms with Crippen molar-refractivity contribution in [1.29, 1.82) is 5.26 Å². The average Bonchev–Trinajstić information content (AvgIpc) is 2.56. The highest BCUT2D eigenvalue weighted by molar-refractivity contribution is 6.05.